The van der Waals surface area contributed by atoms with Crippen LogP contribution in [-0.4, -0.2) is 49.1 Å². The molecule has 6 heteroatoms. The highest BCUT2D eigenvalue weighted by Crippen LogP contribution is 2.23. The molecule has 4 nitrogen and oxygen atoms in total. The van der Waals surface area contributed by atoms with Gasteiger partial charge in [-0.25, -0.2) is 9.18 Å². The molecular weight excluding hydrogens is 325 g/mol. The van der Waals surface area contributed by atoms with Crippen LogP contribution in [0, 0.1) is 5.82 Å². The number of urea groups is 1. The predicted molar refractivity (Wildman–Crippen MR) is 81.4 cm³/mol. The van der Waals surface area contributed by atoms with Crippen LogP contribution in [0.2, 0.25) is 0 Å². The Kier molecular flexibility index (Phi) is 4.86. The summed E-state index contributed by atoms with van der Waals surface area (Å²) >= 11 is 3.34. The Hall–Kier alpha value is -1.30. The molecule has 0 saturated carbocycles. The molecule has 0 spiro atoms. The summed E-state index contributed by atoms with van der Waals surface area (Å²) in [5, 5.41) is 3.22. The van der Waals surface area contributed by atoms with Crippen molar-refractivity contribution in [3.8, 4) is 0 Å². The fourth-order valence-corrected chi connectivity index (χ4v) is 2.69. The van der Waals surface area contributed by atoms with Crippen LogP contribution in [0.3, 0.4) is 0 Å². The van der Waals surface area contributed by atoms with Gasteiger partial charge in [-0.15, -0.1) is 0 Å². The molecule has 0 atom stereocenters. The topological polar surface area (TPSA) is 35.6 Å². The Balaban J connectivity index is 1.91. The number of halogens is 2. The van der Waals surface area contributed by atoms with Gasteiger partial charge in [0, 0.05) is 37.7 Å². The lowest BCUT2D eigenvalue weighted by Crippen LogP contribution is -2.46. The van der Waals surface area contributed by atoms with E-state index in [1.54, 1.807) is 31.1 Å². The van der Waals surface area contributed by atoms with E-state index in [4.69, 9.17) is 0 Å². The number of piperidine rings is 1. The Morgan fingerprint density at radius 3 is 2.65 bits per heavy atom. The molecule has 1 aliphatic rings. The molecule has 1 heterocycles. The fraction of sp³-hybridized carbons (Fsp3) is 0.500. The van der Waals surface area contributed by atoms with E-state index < -0.39 is 0 Å². The summed E-state index contributed by atoms with van der Waals surface area (Å²) < 4.78 is 14.5. The lowest BCUT2D eigenvalue weighted by Gasteiger charge is -2.34. The van der Waals surface area contributed by atoms with Crippen LogP contribution in [0.4, 0.5) is 14.9 Å². The van der Waals surface area contributed by atoms with E-state index in [9.17, 15) is 9.18 Å². The Morgan fingerprint density at radius 2 is 2.05 bits per heavy atom. The first-order valence-corrected chi connectivity index (χ1v) is 7.44. The molecule has 1 aromatic carbocycles. The molecule has 1 saturated heterocycles. The van der Waals surface area contributed by atoms with Crippen molar-refractivity contribution in [2.75, 3.05) is 32.5 Å². The zero-order valence-corrected chi connectivity index (χ0v) is 13.3. The highest BCUT2D eigenvalue weighted by molar-refractivity contribution is 9.10. The molecule has 110 valence electrons. The molecule has 0 aromatic heterocycles. The van der Waals surface area contributed by atoms with Crippen LogP contribution in [0.25, 0.3) is 0 Å². The summed E-state index contributed by atoms with van der Waals surface area (Å²) in [7, 11) is 3.51. The Labute approximate surface area is 127 Å². The lowest BCUT2D eigenvalue weighted by molar-refractivity contribution is 0.158. The largest absolute Gasteiger partial charge is 0.380 e. The van der Waals surface area contributed by atoms with Gasteiger partial charge in [0.1, 0.15) is 5.82 Å². The average Bonchev–Trinajstić information content (AvgIpc) is 2.43. The number of anilines is 1. The second-order valence-corrected chi connectivity index (χ2v) is 6.12. The predicted octanol–water partition coefficient (Wildman–Crippen LogP) is 3.15. The van der Waals surface area contributed by atoms with Gasteiger partial charge < -0.3 is 15.1 Å². The van der Waals surface area contributed by atoms with Crippen molar-refractivity contribution in [1.29, 1.82) is 0 Å². The van der Waals surface area contributed by atoms with Crippen LogP contribution in [-0.2, 0) is 0 Å². The van der Waals surface area contributed by atoms with Gasteiger partial charge in [0.15, 0.2) is 0 Å². The van der Waals surface area contributed by atoms with E-state index >= 15 is 0 Å². The maximum atomic E-state index is 13.7. The summed E-state index contributed by atoms with van der Waals surface area (Å²) in [6.45, 7) is 1.40. The number of nitrogens with zero attached hydrogens (tertiary/aromatic N) is 2. The third-order valence-corrected chi connectivity index (χ3v) is 3.93. The van der Waals surface area contributed by atoms with Gasteiger partial charge in [-0.1, -0.05) is 15.9 Å². The zero-order chi connectivity index (χ0) is 14.7. The number of carbonyl (C=O) groups excluding carboxylic acids is 1. The average molecular weight is 344 g/mol. The van der Waals surface area contributed by atoms with Gasteiger partial charge in [-0.05, 0) is 31.0 Å². The van der Waals surface area contributed by atoms with E-state index in [2.05, 4.69) is 21.2 Å². The maximum Gasteiger partial charge on any atom is 0.319 e. The second-order valence-electron chi connectivity index (χ2n) is 5.21. The fourth-order valence-electron chi connectivity index (χ4n) is 2.33. The third-order valence-electron chi connectivity index (χ3n) is 3.44. The van der Waals surface area contributed by atoms with Crippen molar-refractivity contribution < 1.29 is 9.18 Å². The van der Waals surface area contributed by atoms with Crippen molar-refractivity contribution in [3.05, 3.63) is 28.5 Å². The lowest BCUT2D eigenvalue weighted by atomic mass is 10.0. The monoisotopic (exact) mass is 343 g/mol. The highest BCUT2D eigenvalue weighted by atomic mass is 79.9. The summed E-state index contributed by atoms with van der Waals surface area (Å²) in [5.74, 6) is -0.250. The number of hydrogen-bond donors (Lipinski definition) is 1. The van der Waals surface area contributed by atoms with E-state index in [0.717, 1.165) is 17.3 Å². The normalized spacial score (nSPS) is 16.1. The molecule has 0 aliphatic carbocycles. The molecule has 1 N–H and O–H groups in total. The van der Waals surface area contributed by atoms with Gasteiger partial charge in [0.25, 0.3) is 0 Å². The molecule has 20 heavy (non-hydrogen) atoms. The van der Waals surface area contributed by atoms with Crippen LogP contribution in [0.5, 0.6) is 0 Å². The first kappa shape index (κ1) is 15.1. The minimum Gasteiger partial charge on any atom is -0.380 e. The first-order valence-electron chi connectivity index (χ1n) is 6.65. The molecule has 1 fully saturated rings. The number of benzene rings is 1. The van der Waals surface area contributed by atoms with Gasteiger partial charge in [0.2, 0.25) is 0 Å². The smallest absolute Gasteiger partial charge is 0.319 e. The van der Waals surface area contributed by atoms with E-state index in [1.165, 1.54) is 6.07 Å². The van der Waals surface area contributed by atoms with Gasteiger partial charge in [-0.3, -0.25) is 0 Å². The number of amides is 2. The highest BCUT2D eigenvalue weighted by Gasteiger charge is 2.24. The zero-order valence-electron chi connectivity index (χ0n) is 11.7. The molecule has 0 bridgehead atoms. The summed E-state index contributed by atoms with van der Waals surface area (Å²) in [6, 6.07) is 5.10. The third kappa shape index (κ3) is 3.62. The summed E-state index contributed by atoms with van der Waals surface area (Å²) in [5.41, 5.74) is 0.511. The van der Waals surface area contributed by atoms with E-state index in [-0.39, 0.29) is 17.9 Å². The summed E-state index contributed by atoms with van der Waals surface area (Å²) in [4.78, 5) is 15.2. The van der Waals surface area contributed by atoms with Crippen LogP contribution >= 0.6 is 15.9 Å². The van der Waals surface area contributed by atoms with Gasteiger partial charge >= 0.3 is 6.03 Å². The van der Waals surface area contributed by atoms with Crippen LogP contribution in [0.1, 0.15) is 12.8 Å². The number of nitrogens with one attached hydrogen (secondary N) is 1. The number of likely N-dealkylation sites (tertiary alicyclic amines) is 1. The molecular formula is C14H19BrFN3O. The van der Waals surface area contributed by atoms with Crippen molar-refractivity contribution in [2.24, 2.45) is 0 Å². The standard InChI is InChI=1S/C14H19BrFN3O/c1-18(2)14(20)19-7-5-11(6-8-19)17-13-9-10(15)3-4-12(13)16/h3-4,9,11,17H,5-8H2,1-2H3. The van der Waals surface area contributed by atoms with Crippen LogP contribution < -0.4 is 5.32 Å². The number of rotatable bonds is 2. The minimum absolute atomic E-state index is 0.0390. The van der Waals surface area contributed by atoms with Gasteiger partial charge in [0.05, 0.1) is 5.69 Å². The summed E-state index contributed by atoms with van der Waals surface area (Å²) in [6.07, 6.45) is 1.65. The van der Waals surface area contributed by atoms with Gasteiger partial charge in [-0.2, -0.15) is 0 Å². The molecule has 1 aliphatic heterocycles. The number of hydrogen-bond acceptors (Lipinski definition) is 2. The first-order chi connectivity index (χ1) is 9.47. The quantitative estimate of drug-likeness (QED) is 0.895. The Morgan fingerprint density at radius 1 is 1.40 bits per heavy atom. The SMILES string of the molecule is CN(C)C(=O)N1CCC(Nc2cc(Br)ccc2F)CC1. The second kappa shape index (κ2) is 6.43. The minimum atomic E-state index is -0.250. The van der Waals surface area contributed by atoms with Crippen molar-refractivity contribution in [2.45, 2.75) is 18.9 Å². The molecule has 0 radical (unpaired) electrons. The van der Waals surface area contributed by atoms with Crippen LogP contribution in [0.15, 0.2) is 22.7 Å². The molecule has 2 amide bonds. The van der Waals surface area contributed by atoms with Crippen molar-refractivity contribution in [1.82, 2.24) is 9.80 Å². The van der Waals surface area contributed by atoms with E-state index in [1.807, 2.05) is 4.90 Å². The Bertz CT molecular complexity index is 487. The number of carbonyl (C=O) groups is 1. The molecule has 2 rings (SSSR count). The molecule has 1 aromatic rings. The van der Waals surface area contributed by atoms with Crippen molar-refractivity contribution in [3.63, 3.8) is 0 Å². The van der Waals surface area contributed by atoms with E-state index in [0.29, 0.717) is 18.8 Å². The molecule has 0 unspecified atom stereocenters. The maximum absolute atomic E-state index is 13.7. The van der Waals surface area contributed by atoms with Crippen molar-refractivity contribution >= 4 is 27.6 Å².